The van der Waals surface area contributed by atoms with Gasteiger partial charge in [-0.05, 0) is 54.8 Å². The van der Waals surface area contributed by atoms with Crippen LogP contribution in [0.15, 0.2) is 11.6 Å². The van der Waals surface area contributed by atoms with Gasteiger partial charge < -0.3 is 24.1 Å². The van der Waals surface area contributed by atoms with E-state index >= 15 is 0 Å². The first-order valence-corrected chi connectivity index (χ1v) is 12.7. The third-order valence-corrected chi connectivity index (χ3v) is 10.6. The Morgan fingerprint density at radius 1 is 1.19 bits per heavy atom. The highest BCUT2D eigenvalue weighted by molar-refractivity contribution is 5.66. The van der Waals surface area contributed by atoms with E-state index in [1.54, 1.807) is 0 Å². The van der Waals surface area contributed by atoms with Crippen LogP contribution in [0.5, 0.6) is 0 Å². The van der Waals surface area contributed by atoms with Gasteiger partial charge in [0.25, 0.3) is 0 Å². The van der Waals surface area contributed by atoms with Crippen LogP contribution in [0.1, 0.15) is 59.8 Å². The summed E-state index contributed by atoms with van der Waals surface area (Å²) >= 11 is 0. The number of aliphatic hydroxyl groups excluding tert-OH is 1. The summed E-state index contributed by atoms with van der Waals surface area (Å²) in [7, 11) is 0. The quantitative estimate of drug-likeness (QED) is 0.406. The van der Waals surface area contributed by atoms with E-state index in [0.717, 1.165) is 6.42 Å². The number of esters is 1. The fourth-order valence-electron chi connectivity index (χ4n) is 9.11. The van der Waals surface area contributed by atoms with Gasteiger partial charge in [-0.15, -0.1) is 0 Å². The van der Waals surface area contributed by atoms with E-state index < -0.39 is 6.10 Å². The van der Waals surface area contributed by atoms with Crippen molar-refractivity contribution in [2.45, 2.75) is 90.5 Å². The standard InChI is InChI=1S/C26H38O6/c1-13(24-29-9-10-30-24)16-5-6-17-21-18(7-8-25(16,17)3)26(4)15(11-19(21)28)12-20(31-14(2)27)22-23(26)32-22/h11,13,16-24,28H,5-10,12H2,1-4H3/t13?,16-,17?,18?,19-,20-,21?,22+,23+,25-,26+/m1/s1. The number of aliphatic hydroxyl groups is 1. The molecule has 1 N–H and O–H groups in total. The Labute approximate surface area is 191 Å². The van der Waals surface area contributed by atoms with Crippen LogP contribution in [0.25, 0.3) is 0 Å². The summed E-state index contributed by atoms with van der Waals surface area (Å²) in [6.45, 7) is 10.00. The second-order valence-corrected chi connectivity index (χ2v) is 11.8. The number of carbonyl (C=O) groups is 1. The molecule has 0 bridgehead atoms. The number of epoxide rings is 1. The Bertz CT molecular complexity index is 819. The average molecular weight is 447 g/mol. The van der Waals surface area contributed by atoms with Gasteiger partial charge in [-0.2, -0.15) is 0 Å². The van der Waals surface area contributed by atoms with Gasteiger partial charge in [-0.1, -0.05) is 32.4 Å². The largest absolute Gasteiger partial charge is 0.459 e. The zero-order valence-electron chi connectivity index (χ0n) is 19.8. The number of carbonyl (C=O) groups excluding carboxylic acids is 1. The molecule has 0 amide bonds. The van der Waals surface area contributed by atoms with Gasteiger partial charge in [0.2, 0.25) is 0 Å². The molecule has 178 valence electrons. The minimum absolute atomic E-state index is 0.0123. The average Bonchev–Trinajstić information content (AvgIpc) is 3.22. The summed E-state index contributed by atoms with van der Waals surface area (Å²) in [6, 6.07) is 0. The number of ether oxygens (including phenoxy) is 4. The normalized spacial score (nSPS) is 52.8. The van der Waals surface area contributed by atoms with Gasteiger partial charge in [0.15, 0.2) is 6.29 Å². The Hall–Kier alpha value is -0.950. The lowest BCUT2D eigenvalue weighted by molar-refractivity contribution is -0.148. The molecule has 2 saturated heterocycles. The van der Waals surface area contributed by atoms with E-state index in [0.29, 0.717) is 43.3 Å². The zero-order chi connectivity index (χ0) is 22.4. The first kappa shape index (κ1) is 21.6. The predicted octanol–water partition coefficient (Wildman–Crippen LogP) is 3.46. The Morgan fingerprint density at radius 3 is 2.66 bits per heavy atom. The lowest BCUT2D eigenvalue weighted by atomic mass is 9.46. The van der Waals surface area contributed by atoms with E-state index in [9.17, 15) is 9.90 Å². The first-order chi connectivity index (χ1) is 15.2. The fourth-order valence-corrected chi connectivity index (χ4v) is 9.11. The summed E-state index contributed by atoms with van der Waals surface area (Å²) in [4.78, 5) is 11.6. The molecular weight excluding hydrogens is 408 g/mol. The smallest absolute Gasteiger partial charge is 0.303 e. The maximum Gasteiger partial charge on any atom is 0.303 e. The molecule has 0 radical (unpaired) electrons. The SMILES string of the molecule is CC(=O)O[C@@H]1CC2=C[C@@H](O)C3C4CC[C@H](C(C)C5OCCO5)[C@@]4(C)CCC3[C@@]2(C)[C@H]2O[C@@H]12. The molecule has 3 saturated carbocycles. The Balaban J connectivity index is 1.29. The summed E-state index contributed by atoms with van der Waals surface area (Å²) < 4.78 is 23.5. The molecule has 0 aromatic heterocycles. The van der Waals surface area contributed by atoms with E-state index in [1.807, 2.05) is 0 Å². The molecule has 6 rings (SSSR count). The summed E-state index contributed by atoms with van der Waals surface area (Å²) in [5, 5.41) is 11.4. The second-order valence-electron chi connectivity index (χ2n) is 11.8. The summed E-state index contributed by atoms with van der Waals surface area (Å²) in [5.41, 5.74) is 1.39. The lowest BCUT2D eigenvalue weighted by Gasteiger charge is -2.58. The summed E-state index contributed by atoms with van der Waals surface area (Å²) in [5.74, 6) is 1.87. The van der Waals surface area contributed by atoms with E-state index in [1.165, 1.54) is 31.8 Å². The molecule has 6 heteroatoms. The Kier molecular flexibility index (Phi) is 4.90. The highest BCUT2D eigenvalue weighted by Gasteiger charge is 2.69. The van der Waals surface area contributed by atoms with Crippen LogP contribution in [0.4, 0.5) is 0 Å². The van der Waals surface area contributed by atoms with Crippen molar-refractivity contribution in [2.75, 3.05) is 13.2 Å². The van der Waals surface area contributed by atoms with Crippen molar-refractivity contribution in [1.82, 2.24) is 0 Å². The van der Waals surface area contributed by atoms with Crippen LogP contribution in [0, 0.1) is 40.4 Å². The van der Waals surface area contributed by atoms with Crippen LogP contribution in [-0.4, -0.2) is 55.0 Å². The molecule has 0 aromatic carbocycles. The fraction of sp³-hybridized carbons (Fsp3) is 0.885. The van der Waals surface area contributed by atoms with Crippen molar-refractivity contribution in [3.05, 3.63) is 11.6 Å². The molecule has 11 atom stereocenters. The molecule has 4 unspecified atom stereocenters. The lowest BCUT2D eigenvalue weighted by Crippen LogP contribution is -2.57. The zero-order valence-corrected chi connectivity index (χ0v) is 19.8. The van der Waals surface area contributed by atoms with Crippen LogP contribution in [0.3, 0.4) is 0 Å². The number of hydrogen-bond donors (Lipinski definition) is 1. The molecule has 4 aliphatic carbocycles. The van der Waals surface area contributed by atoms with Gasteiger partial charge in [0.1, 0.15) is 12.2 Å². The van der Waals surface area contributed by atoms with Gasteiger partial charge in [-0.3, -0.25) is 4.79 Å². The molecule has 6 nitrogen and oxygen atoms in total. The third-order valence-electron chi connectivity index (χ3n) is 10.6. The van der Waals surface area contributed by atoms with Crippen molar-refractivity contribution < 1.29 is 28.8 Å². The van der Waals surface area contributed by atoms with E-state index in [-0.39, 0.29) is 47.3 Å². The maximum atomic E-state index is 11.6. The topological polar surface area (TPSA) is 77.5 Å². The van der Waals surface area contributed by atoms with Crippen molar-refractivity contribution in [2.24, 2.45) is 40.4 Å². The van der Waals surface area contributed by atoms with Crippen molar-refractivity contribution in [1.29, 1.82) is 0 Å². The predicted molar refractivity (Wildman–Crippen MR) is 116 cm³/mol. The monoisotopic (exact) mass is 446 g/mol. The van der Waals surface area contributed by atoms with Gasteiger partial charge in [0, 0.05) is 24.7 Å². The van der Waals surface area contributed by atoms with Gasteiger partial charge >= 0.3 is 5.97 Å². The highest BCUT2D eigenvalue weighted by atomic mass is 16.7. The summed E-state index contributed by atoms with van der Waals surface area (Å²) in [6.07, 6.45) is 6.84. The molecule has 32 heavy (non-hydrogen) atoms. The molecule has 6 aliphatic rings. The highest BCUT2D eigenvalue weighted by Crippen LogP contribution is 2.69. The van der Waals surface area contributed by atoms with Crippen LogP contribution in [0.2, 0.25) is 0 Å². The van der Waals surface area contributed by atoms with Gasteiger partial charge in [0.05, 0.1) is 25.4 Å². The number of fused-ring (bicyclic) bond motifs is 7. The first-order valence-electron chi connectivity index (χ1n) is 12.7. The van der Waals surface area contributed by atoms with Crippen molar-refractivity contribution in [3.8, 4) is 0 Å². The molecule has 5 fully saturated rings. The van der Waals surface area contributed by atoms with Crippen LogP contribution in [-0.2, 0) is 23.7 Å². The molecule has 2 heterocycles. The minimum Gasteiger partial charge on any atom is -0.459 e. The Morgan fingerprint density at radius 2 is 1.94 bits per heavy atom. The number of hydrogen-bond acceptors (Lipinski definition) is 6. The molecular formula is C26H38O6. The van der Waals surface area contributed by atoms with Crippen molar-refractivity contribution in [3.63, 3.8) is 0 Å². The third kappa shape index (κ3) is 2.88. The van der Waals surface area contributed by atoms with Gasteiger partial charge in [-0.25, -0.2) is 0 Å². The van der Waals surface area contributed by atoms with Crippen LogP contribution >= 0.6 is 0 Å². The second kappa shape index (κ2) is 7.27. The molecule has 0 spiro atoms. The molecule has 0 aromatic rings. The van der Waals surface area contributed by atoms with Crippen LogP contribution < -0.4 is 0 Å². The van der Waals surface area contributed by atoms with E-state index in [4.69, 9.17) is 18.9 Å². The number of rotatable bonds is 3. The van der Waals surface area contributed by atoms with Crippen molar-refractivity contribution >= 4 is 5.97 Å². The molecule has 2 aliphatic heterocycles. The maximum absolute atomic E-state index is 11.6. The van der Waals surface area contributed by atoms with E-state index in [2.05, 4.69) is 26.8 Å². The minimum atomic E-state index is -0.436.